The van der Waals surface area contributed by atoms with E-state index in [4.69, 9.17) is 10.2 Å². The van der Waals surface area contributed by atoms with Crippen molar-refractivity contribution in [3.63, 3.8) is 0 Å². The minimum atomic E-state index is -0.500. The van der Waals surface area contributed by atoms with Gasteiger partial charge in [-0.15, -0.1) is 0 Å². The van der Waals surface area contributed by atoms with Gasteiger partial charge in [0.1, 0.15) is 23.0 Å². The Morgan fingerprint density at radius 1 is 0.600 bits per heavy atom. The summed E-state index contributed by atoms with van der Waals surface area (Å²) < 4.78 is 0. The summed E-state index contributed by atoms with van der Waals surface area (Å²) in [6.07, 6.45) is 0. The fourth-order valence-corrected chi connectivity index (χ4v) is 2.01. The van der Waals surface area contributed by atoms with Crippen LogP contribution in [0.15, 0.2) is 24.3 Å². The van der Waals surface area contributed by atoms with Gasteiger partial charge in [-0.1, -0.05) is 0 Å². The van der Waals surface area contributed by atoms with Crippen LogP contribution in [-0.2, 0) is 13.2 Å². The van der Waals surface area contributed by atoms with Crippen molar-refractivity contribution >= 4 is 0 Å². The van der Waals surface area contributed by atoms with Crippen LogP contribution in [0.1, 0.15) is 11.1 Å². The van der Waals surface area contributed by atoms with Crippen molar-refractivity contribution < 1.29 is 30.6 Å². The average Bonchev–Trinajstić information content (AvgIpc) is 2.43. The maximum Gasteiger partial charge on any atom is 0.129 e. The molecule has 0 aliphatic heterocycles. The first kappa shape index (κ1) is 14.0. The maximum absolute atomic E-state index is 10.0. The molecule has 2 aromatic rings. The van der Waals surface area contributed by atoms with E-state index in [2.05, 4.69) is 0 Å². The molecule has 6 nitrogen and oxygen atoms in total. The molecule has 2 aromatic carbocycles. The van der Waals surface area contributed by atoms with Crippen LogP contribution in [0, 0.1) is 0 Å². The van der Waals surface area contributed by atoms with Crippen molar-refractivity contribution in [3.8, 4) is 34.1 Å². The van der Waals surface area contributed by atoms with E-state index in [1.165, 1.54) is 24.3 Å². The predicted molar refractivity (Wildman–Crippen MR) is 70.4 cm³/mol. The smallest absolute Gasteiger partial charge is 0.129 e. The van der Waals surface area contributed by atoms with Crippen LogP contribution in [-0.4, -0.2) is 30.6 Å². The second-order valence-electron chi connectivity index (χ2n) is 4.32. The summed E-state index contributed by atoms with van der Waals surface area (Å²) in [5.74, 6) is -1.07. The SMILES string of the molecule is OCc1cc(O)cc(-c2cc(O)cc(CO)c2O)c1O. The molecule has 6 heteroatoms. The van der Waals surface area contributed by atoms with E-state index in [9.17, 15) is 20.4 Å². The first-order valence-corrected chi connectivity index (χ1v) is 5.79. The van der Waals surface area contributed by atoms with Gasteiger partial charge in [0.05, 0.1) is 13.2 Å². The Morgan fingerprint density at radius 2 is 0.950 bits per heavy atom. The summed E-state index contributed by atoms with van der Waals surface area (Å²) in [4.78, 5) is 0. The number of hydrogen-bond donors (Lipinski definition) is 6. The van der Waals surface area contributed by atoms with Crippen molar-refractivity contribution in [3.05, 3.63) is 35.4 Å². The van der Waals surface area contributed by atoms with E-state index in [-0.39, 0.29) is 45.3 Å². The van der Waals surface area contributed by atoms with E-state index in [0.29, 0.717) is 0 Å². The van der Waals surface area contributed by atoms with Gasteiger partial charge in [-0.3, -0.25) is 0 Å². The number of rotatable bonds is 3. The Labute approximate surface area is 114 Å². The van der Waals surface area contributed by atoms with Crippen LogP contribution in [0.25, 0.3) is 11.1 Å². The van der Waals surface area contributed by atoms with Crippen molar-refractivity contribution in [2.24, 2.45) is 0 Å². The second kappa shape index (κ2) is 5.28. The Balaban J connectivity index is 2.74. The standard InChI is InChI=1S/C14H14O6/c15-5-7-1-9(17)3-11(13(7)19)12-4-10(18)2-8(6-16)14(12)20/h1-4,15-20H,5-6H2. The third kappa shape index (κ3) is 2.34. The zero-order valence-corrected chi connectivity index (χ0v) is 10.4. The maximum atomic E-state index is 10.0. The Hall–Kier alpha value is -2.44. The van der Waals surface area contributed by atoms with Gasteiger partial charge < -0.3 is 30.6 Å². The lowest BCUT2D eigenvalue weighted by molar-refractivity contribution is 0.274. The van der Waals surface area contributed by atoms with Gasteiger partial charge in [-0.25, -0.2) is 0 Å². The Kier molecular flexibility index (Phi) is 3.69. The normalized spacial score (nSPS) is 10.7. The lowest BCUT2D eigenvalue weighted by Gasteiger charge is -2.13. The zero-order valence-electron chi connectivity index (χ0n) is 10.4. The molecular formula is C14H14O6. The van der Waals surface area contributed by atoms with Crippen LogP contribution in [0.3, 0.4) is 0 Å². The van der Waals surface area contributed by atoms with Gasteiger partial charge >= 0.3 is 0 Å². The summed E-state index contributed by atoms with van der Waals surface area (Å²) in [7, 11) is 0. The number of aliphatic hydroxyl groups excluding tert-OH is 2. The Morgan fingerprint density at radius 3 is 1.25 bits per heavy atom. The molecule has 0 aromatic heterocycles. The van der Waals surface area contributed by atoms with E-state index >= 15 is 0 Å². The number of aromatic hydroxyl groups is 4. The lowest BCUT2D eigenvalue weighted by Crippen LogP contribution is -1.91. The molecule has 0 unspecified atom stereocenters. The zero-order chi connectivity index (χ0) is 14.9. The third-order valence-corrected chi connectivity index (χ3v) is 2.98. The summed E-state index contributed by atoms with van der Waals surface area (Å²) in [5.41, 5.74) is 0.232. The van der Waals surface area contributed by atoms with Gasteiger partial charge in [0.25, 0.3) is 0 Å². The van der Waals surface area contributed by atoms with Gasteiger partial charge in [0.15, 0.2) is 0 Å². The van der Waals surface area contributed by atoms with Gasteiger partial charge in [0.2, 0.25) is 0 Å². The van der Waals surface area contributed by atoms with Crippen molar-refractivity contribution in [2.45, 2.75) is 13.2 Å². The second-order valence-corrected chi connectivity index (χ2v) is 4.32. The first-order chi connectivity index (χ1) is 9.47. The van der Waals surface area contributed by atoms with E-state index in [1.807, 2.05) is 0 Å². The van der Waals surface area contributed by atoms with Crippen LogP contribution >= 0.6 is 0 Å². The third-order valence-electron chi connectivity index (χ3n) is 2.98. The monoisotopic (exact) mass is 278 g/mol. The molecule has 0 aliphatic carbocycles. The quantitative estimate of drug-likeness (QED) is 0.469. The highest BCUT2D eigenvalue weighted by Crippen LogP contribution is 2.42. The number of phenolic OH excluding ortho intramolecular Hbond substituents is 2. The lowest BCUT2D eigenvalue weighted by atomic mass is 9.97. The Bertz CT molecular complexity index is 593. The summed E-state index contributed by atoms with van der Waals surface area (Å²) in [6.45, 7) is -1.00. The molecular weight excluding hydrogens is 264 g/mol. The fourth-order valence-electron chi connectivity index (χ4n) is 2.01. The van der Waals surface area contributed by atoms with Gasteiger partial charge in [-0.05, 0) is 24.3 Å². The molecule has 0 saturated carbocycles. The van der Waals surface area contributed by atoms with Crippen LogP contribution in [0.2, 0.25) is 0 Å². The molecule has 20 heavy (non-hydrogen) atoms. The molecule has 0 bridgehead atoms. The number of benzene rings is 2. The fraction of sp³-hybridized carbons (Fsp3) is 0.143. The molecule has 0 amide bonds. The molecule has 0 radical (unpaired) electrons. The molecule has 0 fully saturated rings. The van der Waals surface area contributed by atoms with Crippen molar-refractivity contribution in [2.75, 3.05) is 0 Å². The van der Waals surface area contributed by atoms with Crippen LogP contribution in [0.5, 0.6) is 23.0 Å². The summed E-state index contributed by atoms with van der Waals surface area (Å²) in [6, 6.07) is 4.74. The molecule has 6 N–H and O–H groups in total. The van der Waals surface area contributed by atoms with E-state index in [1.54, 1.807) is 0 Å². The first-order valence-electron chi connectivity index (χ1n) is 5.79. The van der Waals surface area contributed by atoms with Crippen molar-refractivity contribution in [1.29, 1.82) is 0 Å². The molecule has 106 valence electrons. The molecule has 0 spiro atoms. The minimum Gasteiger partial charge on any atom is -0.508 e. The largest absolute Gasteiger partial charge is 0.508 e. The highest BCUT2D eigenvalue weighted by atomic mass is 16.3. The predicted octanol–water partition coefficient (Wildman–Crippen LogP) is 1.16. The highest BCUT2D eigenvalue weighted by Gasteiger charge is 2.17. The molecule has 0 atom stereocenters. The topological polar surface area (TPSA) is 121 Å². The summed E-state index contributed by atoms with van der Waals surface area (Å²) in [5, 5.41) is 57.4. The molecule has 2 rings (SSSR count). The van der Waals surface area contributed by atoms with Crippen molar-refractivity contribution in [1.82, 2.24) is 0 Å². The number of hydrogen-bond acceptors (Lipinski definition) is 6. The number of phenols is 4. The van der Waals surface area contributed by atoms with Gasteiger partial charge in [-0.2, -0.15) is 0 Å². The van der Waals surface area contributed by atoms with E-state index < -0.39 is 13.2 Å². The summed E-state index contributed by atoms with van der Waals surface area (Å²) >= 11 is 0. The van der Waals surface area contributed by atoms with Crippen LogP contribution < -0.4 is 0 Å². The van der Waals surface area contributed by atoms with E-state index in [0.717, 1.165) is 0 Å². The minimum absolute atomic E-state index is 0.0390. The number of aliphatic hydroxyl groups is 2. The van der Waals surface area contributed by atoms with Gasteiger partial charge in [0, 0.05) is 22.3 Å². The molecule has 0 saturated heterocycles. The van der Waals surface area contributed by atoms with Crippen LogP contribution in [0.4, 0.5) is 0 Å². The highest BCUT2D eigenvalue weighted by molar-refractivity contribution is 5.80. The molecule has 0 aliphatic rings. The molecule has 0 heterocycles. The average molecular weight is 278 g/mol.